The van der Waals surface area contributed by atoms with Crippen molar-refractivity contribution in [2.24, 2.45) is 0 Å². The van der Waals surface area contributed by atoms with Gasteiger partial charge in [-0.05, 0) is 28.5 Å². The van der Waals surface area contributed by atoms with Crippen LogP contribution in [0.3, 0.4) is 0 Å². The van der Waals surface area contributed by atoms with Crippen molar-refractivity contribution in [2.75, 3.05) is 0 Å². The molecule has 23 heavy (non-hydrogen) atoms. The minimum absolute atomic E-state index is 0.0713. The van der Waals surface area contributed by atoms with Crippen molar-refractivity contribution in [1.29, 1.82) is 0 Å². The van der Waals surface area contributed by atoms with E-state index in [0.29, 0.717) is 0 Å². The van der Waals surface area contributed by atoms with E-state index >= 15 is 0 Å². The molecule has 1 aromatic heterocycles. The molecule has 0 fully saturated rings. The lowest BCUT2D eigenvalue weighted by Crippen LogP contribution is -2.54. The van der Waals surface area contributed by atoms with Crippen LogP contribution in [-0.4, -0.2) is 0 Å². The Morgan fingerprint density at radius 2 is 1.52 bits per heavy atom. The second-order valence-corrected chi connectivity index (χ2v) is 8.04. The van der Waals surface area contributed by atoms with E-state index in [9.17, 15) is 0 Å². The van der Waals surface area contributed by atoms with Crippen molar-refractivity contribution in [3.05, 3.63) is 66.4 Å². The average Bonchev–Trinajstić information content (AvgIpc) is 2.59. The molecular weight excluding hydrogens is 278 g/mol. The van der Waals surface area contributed by atoms with Gasteiger partial charge in [0.15, 0.2) is 11.7 Å². The molecule has 0 spiro atoms. The zero-order chi connectivity index (χ0) is 16.2. The van der Waals surface area contributed by atoms with Gasteiger partial charge in [0, 0.05) is 26.3 Å². The summed E-state index contributed by atoms with van der Waals surface area (Å²) in [5, 5.41) is 2.65. The van der Waals surface area contributed by atoms with Crippen molar-refractivity contribution in [1.82, 2.24) is 0 Å². The monoisotopic (exact) mass is 302 g/mol. The van der Waals surface area contributed by atoms with Crippen LogP contribution in [0.15, 0.2) is 60.8 Å². The Morgan fingerprint density at radius 1 is 0.826 bits per heavy atom. The van der Waals surface area contributed by atoms with Crippen LogP contribution in [0.2, 0.25) is 0 Å². The molecule has 0 bridgehead atoms. The van der Waals surface area contributed by atoms with Gasteiger partial charge < -0.3 is 0 Å². The van der Waals surface area contributed by atoms with Gasteiger partial charge in [-0.2, -0.15) is 4.57 Å². The van der Waals surface area contributed by atoms with Crippen LogP contribution in [0.1, 0.15) is 39.7 Å². The minimum Gasteiger partial charge on any atom is -0.193 e. The fourth-order valence-corrected chi connectivity index (χ4v) is 4.54. The fourth-order valence-electron chi connectivity index (χ4n) is 4.54. The van der Waals surface area contributed by atoms with Crippen LogP contribution >= 0.6 is 0 Å². The number of fused-ring (bicyclic) bond motifs is 5. The summed E-state index contributed by atoms with van der Waals surface area (Å²) in [5.74, 6) is 0. The fraction of sp³-hybridized carbons (Fsp3) is 0.318. The van der Waals surface area contributed by atoms with E-state index in [1.165, 1.54) is 27.6 Å². The number of hydrogen-bond donors (Lipinski definition) is 0. The van der Waals surface area contributed by atoms with Crippen LogP contribution in [0.4, 0.5) is 0 Å². The molecule has 0 aliphatic carbocycles. The zero-order valence-corrected chi connectivity index (χ0v) is 14.4. The first-order valence-electron chi connectivity index (χ1n) is 8.44. The van der Waals surface area contributed by atoms with Crippen LogP contribution in [0, 0.1) is 0 Å². The van der Waals surface area contributed by atoms with Crippen LogP contribution in [0.25, 0.3) is 22.0 Å². The van der Waals surface area contributed by atoms with Gasteiger partial charge in [0.2, 0.25) is 5.69 Å². The minimum atomic E-state index is 0.0713. The van der Waals surface area contributed by atoms with Gasteiger partial charge >= 0.3 is 0 Å². The molecule has 1 nitrogen and oxygen atoms in total. The number of pyridine rings is 1. The van der Waals surface area contributed by atoms with Crippen LogP contribution < -0.4 is 4.57 Å². The van der Waals surface area contributed by atoms with Crippen molar-refractivity contribution in [3.8, 4) is 11.3 Å². The molecule has 2 aromatic carbocycles. The molecule has 3 aromatic rings. The van der Waals surface area contributed by atoms with Crippen molar-refractivity contribution in [2.45, 2.75) is 45.1 Å². The number of hydrogen-bond acceptors (Lipinski definition) is 0. The Morgan fingerprint density at radius 3 is 2.35 bits per heavy atom. The number of rotatable bonds is 0. The SMILES string of the molecule is CC1(C)CC(C)(C)[n+]2ccc3ccccc3c2-c2ccccc21. The first-order chi connectivity index (χ1) is 10.9. The Bertz CT molecular complexity index is 903. The quantitative estimate of drug-likeness (QED) is 0.502. The summed E-state index contributed by atoms with van der Waals surface area (Å²) in [6.07, 6.45) is 3.39. The van der Waals surface area contributed by atoms with Gasteiger partial charge in [-0.15, -0.1) is 0 Å². The largest absolute Gasteiger partial charge is 0.221 e. The third-order valence-corrected chi connectivity index (χ3v) is 5.30. The second-order valence-electron chi connectivity index (χ2n) is 8.04. The van der Waals surface area contributed by atoms with E-state index in [2.05, 4.69) is 93.1 Å². The molecule has 0 saturated heterocycles. The molecule has 1 aliphatic heterocycles. The summed E-state index contributed by atoms with van der Waals surface area (Å²) in [7, 11) is 0. The van der Waals surface area contributed by atoms with E-state index in [1.54, 1.807) is 0 Å². The number of benzene rings is 2. The summed E-state index contributed by atoms with van der Waals surface area (Å²) in [4.78, 5) is 0. The summed E-state index contributed by atoms with van der Waals surface area (Å²) >= 11 is 0. The Kier molecular flexibility index (Phi) is 2.93. The molecule has 0 N–H and O–H groups in total. The molecule has 116 valence electrons. The first-order valence-corrected chi connectivity index (χ1v) is 8.44. The van der Waals surface area contributed by atoms with Gasteiger partial charge in [0.25, 0.3) is 0 Å². The highest BCUT2D eigenvalue weighted by Gasteiger charge is 2.44. The molecule has 2 heterocycles. The van der Waals surface area contributed by atoms with E-state index in [-0.39, 0.29) is 11.0 Å². The van der Waals surface area contributed by atoms with E-state index in [4.69, 9.17) is 0 Å². The number of aromatic nitrogens is 1. The van der Waals surface area contributed by atoms with Crippen LogP contribution in [0.5, 0.6) is 0 Å². The molecule has 4 rings (SSSR count). The first kappa shape index (κ1) is 14.4. The summed E-state index contributed by atoms with van der Waals surface area (Å²) < 4.78 is 2.49. The molecule has 0 atom stereocenters. The number of nitrogens with zero attached hydrogens (tertiary/aromatic N) is 1. The predicted molar refractivity (Wildman–Crippen MR) is 96.5 cm³/mol. The maximum Gasteiger partial charge on any atom is 0.221 e. The highest BCUT2D eigenvalue weighted by molar-refractivity contribution is 5.93. The smallest absolute Gasteiger partial charge is 0.193 e. The van der Waals surface area contributed by atoms with Crippen molar-refractivity contribution in [3.63, 3.8) is 0 Å². The maximum atomic E-state index is 2.49. The van der Waals surface area contributed by atoms with Gasteiger partial charge in [0.05, 0.1) is 10.9 Å². The highest BCUT2D eigenvalue weighted by atomic mass is 15.0. The highest BCUT2D eigenvalue weighted by Crippen LogP contribution is 2.43. The summed E-state index contributed by atoms with van der Waals surface area (Å²) in [5.41, 5.74) is 4.40. The molecule has 0 unspecified atom stereocenters. The molecule has 0 saturated carbocycles. The van der Waals surface area contributed by atoms with Gasteiger partial charge in [-0.1, -0.05) is 50.2 Å². The lowest BCUT2D eigenvalue weighted by atomic mass is 9.74. The molecular formula is C22H24N+. The van der Waals surface area contributed by atoms with E-state index < -0.39 is 0 Å². The molecule has 1 aliphatic rings. The van der Waals surface area contributed by atoms with Crippen LogP contribution in [-0.2, 0) is 11.0 Å². The van der Waals surface area contributed by atoms with Crippen molar-refractivity contribution < 1.29 is 4.57 Å². The molecule has 1 heteroatoms. The summed E-state index contributed by atoms with van der Waals surface area (Å²) in [6, 6.07) is 19.9. The predicted octanol–water partition coefficient (Wildman–Crippen LogP) is 5.21. The Balaban J connectivity index is 2.21. The zero-order valence-electron chi connectivity index (χ0n) is 14.4. The topological polar surface area (TPSA) is 3.88 Å². The average molecular weight is 302 g/mol. The van der Waals surface area contributed by atoms with Gasteiger partial charge in [-0.25, -0.2) is 0 Å². The lowest BCUT2D eigenvalue weighted by Gasteiger charge is -2.29. The third-order valence-electron chi connectivity index (χ3n) is 5.30. The maximum absolute atomic E-state index is 2.49. The molecule has 0 radical (unpaired) electrons. The van der Waals surface area contributed by atoms with E-state index in [0.717, 1.165) is 6.42 Å². The van der Waals surface area contributed by atoms with Crippen molar-refractivity contribution >= 4 is 10.8 Å². The normalized spacial score (nSPS) is 18.1. The second kappa shape index (κ2) is 4.67. The Labute approximate surface area is 138 Å². The standard InChI is InChI=1S/C22H24N/c1-21(2)15-22(3,4)23-14-13-16-9-5-6-10-17(16)20(23)18-11-7-8-12-19(18)21/h5-14H,15H2,1-4H3/q+1. The van der Waals surface area contributed by atoms with Gasteiger partial charge in [0.1, 0.15) is 0 Å². The molecule has 0 amide bonds. The summed E-state index contributed by atoms with van der Waals surface area (Å²) in [6.45, 7) is 9.47. The van der Waals surface area contributed by atoms with E-state index in [1.807, 2.05) is 0 Å². The Hall–Kier alpha value is -2.15. The third kappa shape index (κ3) is 2.10. The lowest BCUT2D eigenvalue weighted by molar-refractivity contribution is -0.748. The van der Waals surface area contributed by atoms with Gasteiger partial charge in [-0.3, -0.25) is 0 Å².